The number of amides is 2. The maximum Gasteiger partial charge on any atom is 0.269 e. The first-order valence-electron chi connectivity index (χ1n) is 7.86. The Balaban J connectivity index is 1.98. The lowest BCUT2D eigenvalue weighted by atomic mass is 10.0. The average molecular weight is 325 g/mol. The van der Waals surface area contributed by atoms with Crippen LogP contribution in [0.1, 0.15) is 46.0 Å². The number of rotatable bonds is 4. The fraction of sp³-hybridized carbons (Fsp3) is 0.263. The summed E-state index contributed by atoms with van der Waals surface area (Å²) in [6, 6.07) is 14.5. The van der Waals surface area contributed by atoms with Gasteiger partial charge < -0.3 is 4.90 Å². The van der Waals surface area contributed by atoms with Crippen molar-refractivity contribution in [3.8, 4) is 0 Å². The topological polar surface area (TPSA) is 61.4 Å². The Morgan fingerprint density at radius 3 is 2.00 bits per heavy atom. The average Bonchev–Trinajstić information content (AvgIpc) is 2.59. The summed E-state index contributed by atoms with van der Waals surface area (Å²) in [6.45, 7) is 4.19. The van der Waals surface area contributed by atoms with Gasteiger partial charge in [-0.05, 0) is 41.8 Å². The number of anilines is 1. The highest BCUT2D eigenvalue weighted by Gasteiger charge is 2.10. The van der Waals surface area contributed by atoms with Gasteiger partial charge in [0.15, 0.2) is 0 Å². The van der Waals surface area contributed by atoms with Crippen LogP contribution in [0, 0.1) is 0 Å². The lowest BCUT2D eigenvalue weighted by Gasteiger charge is -2.14. The number of benzene rings is 2. The SMILES string of the molecule is CC(C)c1ccc(C(=O)NNC(=O)c2cccc(N(C)C)c2)cc1. The summed E-state index contributed by atoms with van der Waals surface area (Å²) in [7, 11) is 3.80. The fourth-order valence-electron chi connectivity index (χ4n) is 2.20. The van der Waals surface area contributed by atoms with Crippen molar-refractivity contribution in [1.82, 2.24) is 10.9 Å². The molecule has 0 fully saturated rings. The zero-order valence-corrected chi connectivity index (χ0v) is 14.5. The molecule has 126 valence electrons. The Labute approximate surface area is 142 Å². The lowest BCUT2D eigenvalue weighted by molar-refractivity contribution is 0.0846. The van der Waals surface area contributed by atoms with E-state index in [-0.39, 0.29) is 11.8 Å². The Morgan fingerprint density at radius 2 is 1.46 bits per heavy atom. The summed E-state index contributed by atoms with van der Waals surface area (Å²) in [5.74, 6) is -0.293. The molecule has 5 heteroatoms. The molecule has 24 heavy (non-hydrogen) atoms. The van der Waals surface area contributed by atoms with Crippen LogP contribution < -0.4 is 15.8 Å². The summed E-state index contributed by atoms with van der Waals surface area (Å²) < 4.78 is 0. The van der Waals surface area contributed by atoms with Crippen LogP contribution in [0.2, 0.25) is 0 Å². The zero-order valence-electron chi connectivity index (χ0n) is 14.5. The highest BCUT2D eigenvalue weighted by atomic mass is 16.2. The number of hydrogen-bond donors (Lipinski definition) is 2. The van der Waals surface area contributed by atoms with E-state index >= 15 is 0 Å². The van der Waals surface area contributed by atoms with Crippen molar-refractivity contribution in [2.75, 3.05) is 19.0 Å². The van der Waals surface area contributed by atoms with Crippen molar-refractivity contribution in [2.45, 2.75) is 19.8 Å². The molecule has 2 rings (SSSR count). The van der Waals surface area contributed by atoms with Crippen LogP contribution in [0.15, 0.2) is 48.5 Å². The van der Waals surface area contributed by atoms with Gasteiger partial charge in [0, 0.05) is 30.9 Å². The largest absolute Gasteiger partial charge is 0.378 e. The van der Waals surface area contributed by atoms with Crippen LogP contribution >= 0.6 is 0 Å². The second kappa shape index (κ2) is 7.64. The molecule has 0 heterocycles. The van der Waals surface area contributed by atoms with Gasteiger partial charge in [-0.25, -0.2) is 0 Å². The molecule has 0 unspecified atom stereocenters. The van der Waals surface area contributed by atoms with Crippen molar-refractivity contribution in [3.63, 3.8) is 0 Å². The summed E-state index contributed by atoms with van der Waals surface area (Å²) in [4.78, 5) is 26.2. The van der Waals surface area contributed by atoms with Gasteiger partial charge in [-0.1, -0.05) is 32.0 Å². The molecule has 0 aliphatic rings. The van der Waals surface area contributed by atoms with E-state index in [1.165, 1.54) is 0 Å². The molecular formula is C19H23N3O2. The molecule has 2 aromatic carbocycles. The number of nitrogens with one attached hydrogen (secondary N) is 2. The van der Waals surface area contributed by atoms with E-state index < -0.39 is 0 Å². The van der Waals surface area contributed by atoms with Crippen molar-refractivity contribution < 1.29 is 9.59 Å². The number of hydrogen-bond acceptors (Lipinski definition) is 3. The van der Waals surface area contributed by atoms with E-state index in [0.717, 1.165) is 11.3 Å². The van der Waals surface area contributed by atoms with E-state index in [1.54, 1.807) is 30.3 Å². The van der Waals surface area contributed by atoms with Gasteiger partial charge in [0.2, 0.25) is 0 Å². The number of carbonyl (C=O) groups is 2. The summed E-state index contributed by atoms with van der Waals surface area (Å²) in [5.41, 5.74) is 7.95. The Hall–Kier alpha value is -2.82. The molecule has 2 amide bonds. The molecule has 2 N–H and O–H groups in total. The van der Waals surface area contributed by atoms with Gasteiger partial charge in [0.1, 0.15) is 0 Å². The fourth-order valence-corrected chi connectivity index (χ4v) is 2.20. The monoisotopic (exact) mass is 325 g/mol. The number of nitrogens with zero attached hydrogens (tertiary/aromatic N) is 1. The van der Waals surface area contributed by atoms with Crippen LogP contribution in [0.5, 0.6) is 0 Å². The minimum absolute atomic E-state index is 0.345. The molecule has 0 radical (unpaired) electrons. The van der Waals surface area contributed by atoms with Gasteiger partial charge in [-0.15, -0.1) is 0 Å². The summed E-state index contributed by atoms with van der Waals surface area (Å²) in [6.07, 6.45) is 0. The van der Waals surface area contributed by atoms with Crippen LogP contribution in [0.3, 0.4) is 0 Å². The van der Waals surface area contributed by atoms with Gasteiger partial charge in [-0.3, -0.25) is 20.4 Å². The Kier molecular flexibility index (Phi) is 5.58. The quantitative estimate of drug-likeness (QED) is 0.850. The first-order chi connectivity index (χ1) is 11.4. The van der Waals surface area contributed by atoms with Crippen LogP contribution in [-0.4, -0.2) is 25.9 Å². The highest BCUT2D eigenvalue weighted by molar-refractivity contribution is 5.99. The minimum Gasteiger partial charge on any atom is -0.378 e. The molecular weight excluding hydrogens is 302 g/mol. The zero-order chi connectivity index (χ0) is 17.7. The van der Waals surface area contributed by atoms with Gasteiger partial charge in [0.25, 0.3) is 11.8 Å². The second-order valence-electron chi connectivity index (χ2n) is 6.13. The first kappa shape index (κ1) is 17.5. The predicted molar refractivity (Wildman–Crippen MR) is 96.2 cm³/mol. The van der Waals surface area contributed by atoms with E-state index in [0.29, 0.717) is 17.0 Å². The standard InChI is InChI=1S/C19H23N3O2/c1-13(2)14-8-10-15(11-9-14)18(23)20-21-19(24)16-6-5-7-17(12-16)22(3)4/h5-13H,1-4H3,(H,20,23)(H,21,24). The van der Waals surface area contributed by atoms with Gasteiger partial charge >= 0.3 is 0 Å². The maximum atomic E-state index is 12.2. The molecule has 0 aliphatic carbocycles. The molecule has 2 aromatic rings. The van der Waals surface area contributed by atoms with Crippen molar-refractivity contribution in [2.24, 2.45) is 0 Å². The molecule has 0 aliphatic heterocycles. The molecule has 0 saturated carbocycles. The number of hydrazine groups is 1. The summed E-state index contributed by atoms with van der Waals surface area (Å²) in [5, 5.41) is 0. The van der Waals surface area contributed by atoms with Crippen LogP contribution in [-0.2, 0) is 0 Å². The Bertz CT molecular complexity index is 722. The van der Waals surface area contributed by atoms with Gasteiger partial charge in [0.05, 0.1) is 0 Å². The van der Waals surface area contributed by atoms with E-state index in [2.05, 4.69) is 24.7 Å². The van der Waals surface area contributed by atoms with Crippen molar-refractivity contribution in [3.05, 3.63) is 65.2 Å². The van der Waals surface area contributed by atoms with E-state index in [4.69, 9.17) is 0 Å². The van der Waals surface area contributed by atoms with Crippen molar-refractivity contribution in [1.29, 1.82) is 0 Å². The third-order valence-corrected chi connectivity index (χ3v) is 3.75. The lowest BCUT2D eigenvalue weighted by Crippen LogP contribution is -2.41. The smallest absolute Gasteiger partial charge is 0.269 e. The third-order valence-electron chi connectivity index (χ3n) is 3.75. The van der Waals surface area contributed by atoms with E-state index in [9.17, 15) is 9.59 Å². The van der Waals surface area contributed by atoms with Crippen LogP contribution in [0.4, 0.5) is 5.69 Å². The highest BCUT2D eigenvalue weighted by Crippen LogP contribution is 2.15. The van der Waals surface area contributed by atoms with Crippen LogP contribution in [0.25, 0.3) is 0 Å². The number of carbonyl (C=O) groups excluding carboxylic acids is 2. The molecule has 0 spiro atoms. The second-order valence-corrected chi connectivity index (χ2v) is 6.13. The van der Waals surface area contributed by atoms with E-state index in [1.807, 2.05) is 37.2 Å². The molecule has 0 saturated heterocycles. The molecule has 0 atom stereocenters. The molecule has 0 aromatic heterocycles. The first-order valence-corrected chi connectivity index (χ1v) is 7.86. The van der Waals surface area contributed by atoms with Crippen molar-refractivity contribution >= 4 is 17.5 Å². The normalized spacial score (nSPS) is 10.4. The molecule has 0 bridgehead atoms. The molecule has 5 nitrogen and oxygen atoms in total. The predicted octanol–water partition coefficient (Wildman–Crippen LogP) is 2.95. The Morgan fingerprint density at radius 1 is 0.875 bits per heavy atom. The van der Waals surface area contributed by atoms with Gasteiger partial charge in [-0.2, -0.15) is 0 Å². The minimum atomic E-state index is -0.356. The maximum absolute atomic E-state index is 12.2. The summed E-state index contributed by atoms with van der Waals surface area (Å²) >= 11 is 0. The third kappa shape index (κ3) is 4.35.